The van der Waals surface area contributed by atoms with E-state index in [4.69, 9.17) is 16.3 Å². The molecular formula is C17H17ClFN5O. The first-order valence-corrected chi connectivity index (χ1v) is 8.20. The van der Waals surface area contributed by atoms with Crippen LogP contribution in [0.25, 0.3) is 0 Å². The average Bonchev–Trinajstić information content (AvgIpc) is 3.07. The highest BCUT2D eigenvalue weighted by atomic mass is 35.5. The number of anilines is 1. The summed E-state index contributed by atoms with van der Waals surface area (Å²) in [5.41, 5.74) is 1.33. The van der Waals surface area contributed by atoms with Gasteiger partial charge in [-0.05, 0) is 47.2 Å². The number of rotatable bonds is 7. The molecule has 25 heavy (non-hydrogen) atoms. The van der Waals surface area contributed by atoms with Gasteiger partial charge in [0.05, 0.1) is 5.02 Å². The third kappa shape index (κ3) is 4.24. The van der Waals surface area contributed by atoms with E-state index in [-0.39, 0.29) is 12.4 Å². The zero-order valence-electron chi connectivity index (χ0n) is 13.6. The third-order valence-corrected chi connectivity index (χ3v) is 3.98. The number of hydrogen-bond acceptors (Lipinski definition) is 5. The van der Waals surface area contributed by atoms with Crippen LogP contribution >= 0.6 is 11.6 Å². The van der Waals surface area contributed by atoms with E-state index in [1.165, 1.54) is 6.07 Å². The molecule has 0 spiro atoms. The Morgan fingerprint density at radius 1 is 1.24 bits per heavy atom. The van der Waals surface area contributed by atoms with Gasteiger partial charge in [0.2, 0.25) is 5.95 Å². The van der Waals surface area contributed by atoms with Gasteiger partial charge < -0.3 is 10.1 Å². The maximum Gasteiger partial charge on any atom is 0.243 e. The Bertz CT molecular complexity index is 834. The lowest BCUT2D eigenvalue weighted by Crippen LogP contribution is -2.08. The van der Waals surface area contributed by atoms with Gasteiger partial charge in [0.1, 0.15) is 18.2 Å². The van der Waals surface area contributed by atoms with Crippen molar-refractivity contribution in [3.63, 3.8) is 0 Å². The topological polar surface area (TPSA) is 64.9 Å². The van der Waals surface area contributed by atoms with Crippen LogP contribution in [0.15, 0.2) is 42.5 Å². The SMILES string of the molecule is CCn1nnnc1NCc1cccc(OCc2c(F)cccc2Cl)c1. The number of halogens is 2. The fraction of sp³-hybridized carbons (Fsp3) is 0.235. The van der Waals surface area contributed by atoms with Crippen LogP contribution in [-0.4, -0.2) is 20.2 Å². The molecule has 1 aromatic heterocycles. The van der Waals surface area contributed by atoms with Crippen LogP contribution in [0.3, 0.4) is 0 Å². The summed E-state index contributed by atoms with van der Waals surface area (Å²) in [5.74, 6) is 0.859. The summed E-state index contributed by atoms with van der Waals surface area (Å²) in [6.07, 6.45) is 0. The molecule has 0 radical (unpaired) electrons. The van der Waals surface area contributed by atoms with Gasteiger partial charge >= 0.3 is 0 Å². The first-order valence-electron chi connectivity index (χ1n) is 7.82. The molecule has 2 aromatic carbocycles. The number of nitrogens with one attached hydrogen (secondary N) is 1. The van der Waals surface area contributed by atoms with Crippen LogP contribution < -0.4 is 10.1 Å². The summed E-state index contributed by atoms with van der Waals surface area (Å²) in [4.78, 5) is 0. The molecule has 0 aliphatic rings. The molecule has 8 heteroatoms. The van der Waals surface area contributed by atoms with E-state index in [0.29, 0.717) is 35.4 Å². The van der Waals surface area contributed by atoms with Gasteiger partial charge in [0, 0.05) is 18.7 Å². The second-order valence-corrected chi connectivity index (χ2v) is 5.72. The van der Waals surface area contributed by atoms with Gasteiger partial charge in [0.15, 0.2) is 0 Å². The third-order valence-electron chi connectivity index (χ3n) is 3.63. The molecule has 0 saturated heterocycles. The van der Waals surface area contributed by atoms with Crippen molar-refractivity contribution < 1.29 is 9.13 Å². The van der Waals surface area contributed by atoms with E-state index in [9.17, 15) is 4.39 Å². The number of tetrazole rings is 1. The van der Waals surface area contributed by atoms with Crippen molar-refractivity contribution in [2.45, 2.75) is 26.6 Å². The van der Waals surface area contributed by atoms with E-state index in [1.807, 2.05) is 31.2 Å². The minimum absolute atomic E-state index is 0.0659. The molecule has 1 N–H and O–H groups in total. The van der Waals surface area contributed by atoms with Crippen LogP contribution in [0.5, 0.6) is 5.75 Å². The number of aromatic nitrogens is 4. The predicted octanol–water partition coefficient (Wildman–Crippen LogP) is 3.68. The van der Waals surface area contributed by atoms with Crippen LogP contribution in [0.2, 0.25) is 5.02 Å². The Morgan fingerprint density at radius 3 is 2.88 bits per heavy atom. The van der Waals surface area contributed by atoms with Crippen molar-refractivity contribution in [3.05, 3.63) is 64.4 Å². The van der Waals surface area contributed by atoms with Gasteiger partial charge in [-0.15, -0.1) is 0 Å². The monoisotopic (exact) mass is 361 g/mol. The fourth-order valence-electron chi connectivity index (χ4n) is 2.30. The Labute approximate surface area is 149 Å². The number of benzene rings is 2. The highest BCUT2D eigenvalue weighted by Gasteiger charge is 2.08. The average molecular weight is 362 g/mol. The predicted molar refractivity (Wildman–Crippen MR) is 93.0 cm³/mol. The minimum Gasteiger partial charge on any atom is -0.489 e. The van der Waals surface area contributed by atoms with E-state index in [2.05, 4.69) is 20.8 Å². The molecule has 0 amide bonds. The van der Waals surface area contributed by atoms with Crippen molar-refractivity contribution in [1.82, 2.24) is 20.2 Å². The molecule has 3 aromatic rings. The van der Waals surface area contributed by atoms with Crippen molar-refractivity contribution in [3.8, 4) is 5.75 Å². The van der Waals surface area contributed by atoms with E-state index in [0.717, 1.165) is 5.56 Å². The maximum absolute atomic E-state index is 13.8. The standard InChI is InChI=1S/C17H17ClFN5O/c1-2-24-17(21-22-23-24)20-10-12-5-3-6-13(9-12)25-11-14-15(18)7-4-8-16(14)19/h3-9H,2,10-11H2,1H3,(H,20,21,23). The minimum atomic E-state index is -0.378. The van der Waals surface area contributed by atoms with E-state index < -0.39 is 0 Å². The number of hydrogen-bond donors (Lipinski definition) is 1. The fourth-order valence-corrected chi connectivity index (χ4v) is 2.51. The Balaban J connectivity index is 1.63. The molecule has 0 aliphatic heterocycles. The zero-order chi connectivity index (χ0) is 17.6. The summed E-state index contributed by atoms with van der Waals surface area (Å²) in [7, 11) is 0. The first kappa shape index (κ1) is 17.2. The Kier molecular flexibility index (Phi) is 5.45. The lowest BCUT2D eigenvalue weighted by molar-refractivity contribution is 0.299. The van der Waals surface area contributed by atoms with Crippen LogP contribution in [0.4, 0.5) is 10.3 Å². The zero-order valence-corrected chi connectivity index (χ0v) is 14.4. The highest BCUT2D eigenvalue weighted by molar-refractivity contribution is 6.31. The lowest BCUT2D eigenvalue weighted by Gasteiger charge is -2.10. The summed E-state index contributed by atoms with van der Waals surface area (Å²) in [5, 5.41) is 14.9. The number of aryl methyl sites for hydroxylation is 1. The molecule has 0 saturated carbocycles. The van der Waals surface area contributed by atoms with Gasteiger partial charge in [-0.3, -0.25) is 0 Å². The largest absolute Gasteiger partial charge is 0.489 e. The summed E-state index contributed by atoms with van der Waals surface area (Å²) >= 11 is 6.01. The van der Waals surface area contributed by atoms with E-state index >= 15 is 0 Å². The second kappa shape index (κ2) is 7.94. The Morgan fingerprint density at radius 2 is 2.08 bits per heavy atom. The number of ether oxygens (including phenoxy) is 1. The molecule has 0 atom stereocenters. The summed E-state index contributed by atoms with van der Waals surface area (Å²) < 4.78 is 21.1. The van der Waals surface area contributed by atoms with Crippen molar-refractivity contribution in [2.24, 2.45) is 0 Å². The smallest absolute Gasteiger partial charge is 0.243 e. The molecule has 3 rings (SSSR count). The van der Waals surface area contributed by atoms with Crippen molar-refractivity contribution in [1.29, 1.82) is 0 Å². The molecule has 0 unspecified atom stereocenters. The highest BCUT2D eigenvalue weighted by Crippen LogP contribution is 2.22. The molecule has 0 aliphatic carbocycles. The van der Waals surface area contributed by atoms with Gasteiger partial charge in [-0.25, -0.2) is 9.07 Å². The summed E-state index contributed by atoms with van der Waals surface area (Å²) in [6, 6.07) is 12.1. The normalized spacial score (nSPS) is 10.7. The van der Waals surface area contributed by atoms with Crippen LogP contribution in [0.1, 0.15) is 18.1 Å². The molecule has 0 fully saturated rings. The second-order valence-electron chi connectivity index (χ2n) is 5.31. The summed E-state index contributed by atoms with van der Waals surface area (Å²) in [6.45, 7) is 3.25. The maximum atomic E-state index is 13.8. The first-order chi connectivity index (χ1) is 12.2. The molecule has 6 nitrogen and oxygen atoms in total. The van der Waals surface area contributed by atoms with Crippen LogP contribution in [0, 0.1) is 5.82 Å². The quantitative estimate of drug-likeness (QED) is 0.695. The Hall–Kier alpha value is -2.67. The van der Waals surface area contributed by atoms with Gasteiger partial charge in [-0.1, -0.05) is 34.9 Å². The van der Waals surface area contributed by atoms with Crippen molar-refractivity contribution in [2.75, 3.05) is 5.32 Å². The van der Waals surface area contributed by atoms with Gasteiger partial charge in [-0.2, -0.15) is 0 Å². The molecule has 1 heterocycles. The van der Waals surface area contributed by atoms with Crippen LogP contribution in [-0.2, 0) is 19.7 Å². The van der Waals surface area contributed by atoms with Gasteiger partial charge in [0.25, 0.3) is 0 Å². The number of nitrogens with zero attached hydrogens (tertiary/aromatic N) is 4. The molecule has 130 valence electrons. The molecular weight excluding hydrogens is 345 g/mol. The lowest BCUT2D eigenvalue weighted by atomic mass is 10.2. The van der Waals surface area contributed by atoms with E-state index in [1.54, 1.807) is 16.8 Å². The van der Waals surface area contributed by atoms with Crippen molar-refractivity contribution >= 4 is 17.5 Å². The molecule has 0 bridgehead atoms.